The van der Waals surface area contributed by atoms with Crippen molar-refractivity contribution in [2.75, 3.05) is 18.0 Å². The molecule has 40 heavy (non-hydrogen) atoms. The molecule has 2 amide bonds. The van der Waals surface area contributed by atoms with E-state index in [4.69, 9.17) is 4.74 Å². The molecule has 0 aliphatic rings. The number of amides is 2. The molecule has 3 aromatic rings. The third kappa shape index (κ3) is 7.41. The second kappa shape index (κ2) is 13.5. The van der Waals surface area contributed by atoms with Gasteiger partial charge in [-0.2, -0.15) is 0 Å². The first-order chi connectivity index (χ1) is 19.0. The lowest BCUT2D eigenvalue weighted by molar-refractivity contribution is -0.140. The zero-order valence-corrected chi connectivity index (χ0v) is 24.9. The first-order valence-electron chi connectivity index (χ1n) is 13.4. The lowest BCUT2D eigenvalue weighted by atomic mass is 10.1. The van der Waals surface area contributed by atoms with Crippen molar-refractivity contribution in [1.29, 1.82) is 0 Å². The normalized spacial score (nSPS) is 12.1. The van der Waals surface area contributed by atoms with Crippen LogP contribution >= 0.6 is 0 Å². The van der Waals surface area contributed by atoms with Crippen molar-refractivity contribution in [2.24, 2.45) is 0 Å². The van der Waals surface area contributed by atoms with Crippen LogP contribution in [0.25, 0.3) is 0 Å². The Bertz CT molecular complexity index is 1400. The Labute approximate surface area is 238 Å². The maximum Gasteiger partial charge on any atom is 0.264 e. The molecule has 0 spiro atoms. The van der Waals surface area contributed by atoms with Gasteiger partial charge in [-0.3, -0.25) is 13.9 Å². The van der Waals surface area contributed by atoms with Gasteiger partial charge < -0.3 is 15.0 Å². The van der Waals surface area contributed by atoms with Gasteiger partial charge in [0.05, 0.1) is 17.7 Å². The van der Waals surface area contributed by atoms with Crippen molar-refractivity contribution in [3.8, 4) is 5.75 Å². The quantitative estimate of drug-likeness (QED) is 0.339. The molecule has 0 heterocycles. The van der Waals surface area contributed by atoms with Crippen LogP contribution in [0.4, 0.5) is 5.69 Å². The number of ether oxygens (including phenoxy) is 1. The first-order valence-corrected chi connectivity index (χ1v) is 14.8. The highest BCUT2D eigenvalue weighted by molar-refractivity contribution is 7.92. The molecule has 1 unspecified atom stereocenters. The fourth-order valence-corrected chi connectivity index (χ4v) is 5.80. The summed E-state index contributed by atoms with van der Waals surface area (Å²) >= 11 is 0. The van der Waals surface area contributed by atoms with Crippen LogP contribution in [0.1, 0.15) is 43.9 Å². The summed E-state index contributed by atoms with van der Waals surface area (Å²) in [5, 5.41) is 2.91. The van der Waals surface area contributed by atoms with Crippen LogP contribution in [0, 0.1) is 13.8 Å². The molecule has 8 nitrogen and oxygen atoms in total. The van der Waals surface area contributed by atoms with Crippen LogP contribution in [-0.2, 0) is 26.2 Å². The minimum atomic E-state index is -4.14. The van der Waals surface area contributed by atoms with Gasteiger partial charge in [0, 0.05) is 12.6 Å². The number of aryl methyl sites for hydroxylation is 2. The molecule has 214 valence electrons. The summed E-state index contributed by atoms with van der Waals surface area (Å²) in [7, 11) is -2.64. The van der Waals surface area contributed by atoms with Crippen LogP contribution in [0.2, 0.25) is 0 Å². The van der Waals surface area contributed by atoms with Crippen LogP contribution in [0.5, 0.6) is 5.75 Å². The molecule has 1 atom stereocenters. The van der Waals surface area contributed by atoms with Gasteiger partial charge in [-0.25, -0.2) is 8.42 Å². The number of methoxy groups -OCH3 is 1. The van der Waals surface area contributed by atoms with E-state index >= 15 is 0 Å². The molecular weight excluding hydrogens is 526 g/mol. The molecule has 3 aromatic carbocycles. The van der Waals surface area contributed by atoms with Crippen molar-refractivity contribution in [1.82, 2.24) is 10.2 Å². The molecule has 0 aliphatic carbocycles. The van der Waals surface area contributed by atoms with Gasteiger partial charge in [0.2, 0.25) is 11.8 Å². The summed E-state index contributed by atoms with van der Waals surface area (Å²) in [6, 6.07) is 19.7. The van der Waals surface area contributed by atoms with Gasteiger partial charge in [-0.15, -0.1) is 0 Å². The number of sulfonamides is 1. The predicted molar refractivity (Wildman–Crippen MR) is 158 cm³/mol. The Morgan fingerprint density at radius 3 is 2.10 bits per heavy atom. The highest BCUT2D eigenvalue weighted by Gasteiger charge is 2.34. The number of benzene rings is 3. The summed E-state index contributed by atoms with van der Waals surface area (Å²) < 4.78 is 34.2. The van der Waals surface area contributed by atoms with Crippen molar-refractivity contribution in [3.05, 3.63) is 89.5 Å². The second-order valence-electron chi connectivity index (χ2n) is 10.1. The topological polar surface area (TPSA) is 96.0 Å². The highest BCUT2D eigenvalue weighted by Crippen LogP contribution is 2.26. The molecule has 3 rings (SSSR count). The summed E-state index contributed by atoms with van der Waals surface area (Å²) in [5.74, 6) is -0.241. The average Bonchev–Trinajstić information content (AvgIpc) is 2.92. The predicted octanol–water partition coefficient (Wildman–Crippen LogP) is 4.84. The Hall–Kier alpha value is -3.85. The second-order valence-corrected chi connectivity index (χ2v) is 11.9. The zero-order valence-electron chi connectivity index (χ0n) is 24.0. The van der Waals surface area contributed by atoms with E-state index < -0.39 is 28.5 Å². The van der Waals surface area contributed by atoms with Crippen LogP contribution in [0.15, 0.2) is 77.7 Å². The van der Waals surface area contributed by atoms with Gasteiger partial charge >= 0.3 is 0 Å². The smallest absolute Gasteiger partial charge is 0.264 e. The van der Waals surface area contributed by atoms with Crippen LogP contribution < -0.4 is 14.4 Å². The molecule has 0 fully saturated rings. The summed E-state index contributed by atoms with van der Waals surface area (Å²) in [5.41, 5.74) is 3.16. The maximum absolute atomic E-state index is 14.1. The van der Waals surface area contributed by atoms with Crippen molar-refractivity contribution < 1.29 is 22.7 Å². The van der Waals surface area contributed by atoms with Crippen molar-refractivity contribution in [3.63, 3.8) is 0 Å². The third-order valence-electron chi connectivity index (χ3n) is 6.67. The summed E-state index contributed by atoms with van der Waals surface area (Å²) in [4.78, 5) is 28.8. The zero-order chi connectivity index (χ0) is 29.4. The molecule has 0 bridgehead atoms. The third-order valence-corrected chi connectivity index (χ3v) is 8.46. The van der Waals surface area contributed by atoms with Gasteiger partial charge in [0.1, 0.15) is 18.3 Å². The van der Waals surface area contributed by atoms with Gasteiger partial charge in [0.15, 0.2) is 0 Å². The van der Waals surface area contributed by atoms with Gasteiger partial charge in [-0.1, -0.05) is 48.9 Å². The number of hydrogen-bond acceptors (Lipinski definition) is 5. The van der Waals surface area contributed by atoms with Crippen molar-refractivity contribution >= 4 is 27.5 Å². The molecule has 0 saturated heterocycles. The average molecular weight is 566 g/mol. The molecule has 0 aliphatic heterocycles. The molecule has 1 N–H and O–H groups in total. The number of nitrogens with zero attached hydrogens (tertiary/aromatic N) is 2. The maximum atomic E-state index is 14.1. The molecule has 0 aromatic heterocycles. The fourth-order valence-electron chi connectivity index (χ4n) is 4.39. The Balaban J connectivity index is 2.07. The lowest BCUT2D eigenvalue weighted by Crippen LogP contribution is -2.53. The van der Waals surface area contributed by atoms with E-state index in [2.05, 4.69) is 5.32 Å². The SMILES string of the molecule is CCC(C(=O)NC(C)C)N(Cc1ccccc1C)C(=O)CN(c1ccc(C)cc1)S(=O)(=O)c1ccc(OC)cc1. The Morgan fingerprint density at radius 2 is 1.55 bits per heavy atom. The number of hydrogen-bond donors (Lipinski definition) is 1. The number of carbonyl (C=O) groups excluding carboxylic acids is 2. The molecular formula is C31H39N3O5S. The molecule has 0 radical (unpaired) electrons. The molecule has 9 heteroatoms. The first kappa shape index (κ1) is 30.7. The van der Waals surface area contributed by atoms with Crippen LogP contribution in [0.3, 0.4) is 0 Å². The fraction of sp³-hybridized carbons (Fsp3) is 0.355. The Morgan fingerprint density at radius 1 is 0.925 bits per heavy atom. The van der Waals surface area contributed by atoms with Gasteiger partial charge in [0.25, 0.3) is 10.0 Å². The van der Waals surface area contributed by atoms with E-state index in [1.54, 1.807) is 36.4 Å². The minimum Gasteiger partial charge on any atom is -0.497 e. The number of carbonyl (C=O) groups is 2. The molecule has 0 saturated carbocycles. The van der Waals surface area contributed by atoms with Crippen LogP contribution in [-0.4, -0.2) is 50.9 Å². The van der Waals surface area contributed by atoms with E-state index in [1.807, 2.05) is 58.9 Å². The van der Waals surface area contributed by atoms with E-state index in [-0.39, 0.29) is 23.4 Å². The van der Waals surface area contributed by atoms with E-state index in [1.165, 1.54) is 24.1 Å². The number of rotatable bonds is 12. The monoisotopic (exact) mass is 565 g/mol. The van der Waals surface area contributed by atoms with Crippen molar-refractivity contribution in [2.45, 2.75) is 64.6 Å². The van der Waals surface area contributed by atoms with Gasteiger partial charge in [-0.05, 0) is 81.6 Å². The Kier molecular flexibility index (Phi) is 10.3. The van der Waals surface area contributed by atoms with E-state index in [0.29, 0.717) is 17.9 Å². The minimum absolute atomic E-state index is 0.0247. The largest absolute Gasteiger partial charge is 0.497 e. The highest BCUT2D eigenvalue weighted by atomic mass is 32.2. The lowest BCUT2D eigenvalue weighted by Gasteiger charge is -2.34. The van der Waals surface area contributed by atoms with E-state index in [9.17, 15) is 18.0 Å². The summed E-state index contributed by atoms with van der Waals surface area (Å²) in [6.07, 6.45) is 0.367. The summed E-state index contributed by atoms with van der Waals surface area (Å²) in [6.45, 7) is 9.10. The standard InChI is InChI=1S/C31H39N3O5S/c1-7-29(31(36)32-22(2)3)33(20-25-11-9-8-10-24(25)5)30(35)21-34(26-14-12-23(4)13-15-26)40(37,38)28-18-16-27(39-6)17-19-28/h8-19,22,29H,7,20-21H2,1-6H3,(H,32,36). The number of anilines is 1. The van der Waals surface area contributed by atoms with E-state index in [0.717, 1.165) is 21.0 Å². The number of nitrogens with one attached hydrogen (secondary N) is 1.